The second-order valence-electron chi connectivity index (χ2n) is 5.82. The van der Waals surface area contributed by atoms with Gasteiger partial charge in [0.25, 0.3) is 8.32 Å². The summed E-state index contributed by atoms with van der Waals surface area (Å²) in [4.78, 5) is 0. The van der Waals surface area contributed by atoms with E-state index in [1.54, 1.807) is 6.26 Å². The van der Waals surface area contributed by atoms with Crippen LogP contribution in [0.25, 0.3) is 5.76 Å². The molecule has 0 N–H and O–H groups in total. The van der Waals surface area contributed by atoms with Crippen LogP contribution in [-0.2, 0) is 4.43 Å². The lowest BCUT2D eigenvalue weighted by Gasteiger charge is -2.42. The molecule has 3 heteroatoms. The van der Waals surface area contributed by atoms with E-state index in [1.807, 2.05) is 12.1 Å². The van der Waals surface area contributed by atoms with Gasteiger partial charge in [0.1, 0.15) is 5.76 Å². The van der Waals surface area contributed by atoms with Gasteiger partial charge in [0, 0.05) is 0 Å². The van der Waals surface area contributed by atoms with E-state index in [1.165, 1.54) is 0 Å². The second kappa shape index (κ2) is 5.78. The first-order chi connectivity index (χ1) is 8.32. The zero-order valence-electron chi connectivity index (χ0n) is 12.5. The average Bonchev–Trinajstić information content (AvgIpc) is 2.77. The quantitative estimate of drug-likeness (QED) is 0.505. The van der Waals surface area contributed by atoms with Gasteiger partial charge in [0.15, 0.2) is 5.76 Å². The molecule has 102 valence electrons. The zero-order chi connectivity index (χ0) is 13.9. The van der Waals surface area contributed by atoms with Gasteiger partial charge < -0.3 is 8.84 Å². The Morgan fingerprint density at radius 1 is 1.11 bits per heavy atom. The first-order valence-electron chi connectivity index (χ1n) is 6.74. The van der Waals surface area contributed by atoms with Crippen molar-refractivity contribution in [1.82, 2.24) is 0 Å². The normalized spacial score (nSPS) is 12.5. The van der Waals surface area contributed by atoms with Gasteiger partial charge in [0.05, 0.1) is 6.26 Å². The van der Waals surface area contributed by atoms with Gasteiger partial charge in [0.2, 0.25) is 0 Å². The molecule has 18 heavy (non-hydrogen) atoms. The van der Waals surface area contributed by atoms with Crippen LogP contribution in [0.5, 0.6) is 0 Å². The summed E-state index contributed by atoms with van der Waals surface area (Å²) >= 11 is 0. The molecule has 0 radical (unpaired) electrons. The minimum atomic E-state index is -1.91. The summed E-state index contributed by atoms with van der Waals surface area (Å²) in [6, 6.07) is 3.77. The average molecular weight is 266 g/mol. The van der Waals surface area contributed by atoms with Crippen LogP contribution in [0.3, 0.4) is 0 Å². The van der Waals surface area contributed by atoms with E-state index in [2.05, 4.69) is 48.1 Å². The molecule has 1 aromatic rings. The summed E-state index contributed by atoms with van der Waals surface area (Å²) in [6.07, 6.45) is 1.66. The number of hydrogen-bond acceptors (Lipinski definition) is 2. The van der Waals surface area contributed by atoms with Crippen LogP contribution in [0.2, 0.25) is 16.6 Å². The lowest BCUT2D eigenvalue weighted by Crippen LogP contribution is -2.47. The van der Waals surface area contributed by atoms with Crippen molar-refractivity contribution in [2.75, 3.05) is 0 Å². The highest BCUT2D eigenvalue weighted by Crippen LogP contribution is 2.44. The molecule has 1 aromatic heterocycles. The fraction of sp³-hybridized carbons (Fsp3) is 0.600. The van der Waals surface area contributed by atoms with Crippen molar-refractivity contribution in [2.45, 2.75) is 58.2 Å². The van der Waals surface area contributed by atoms with Gasteiger partial charge in [-0.15, -0.1) is 0 Å². The smallest absolute Gasteiger partial charge is 0.258 e. The molecular formula is C15H26O2Si. The Labute approximate surface area is 112 Å². The van der Waals surface area contributed by atoms with Crippen LogP contribution in [0.15, 0.2) is 29.4 Å². The molecule has 0 spiro atoms. The summed E-state index contributed by atoms with van der Waals surface area (Å²) in [5.74, 6) is 1.43. The second-order valence-corrected chi connectivity index (χ2v) is 11.2. The third-order valence-corrected chi connectivity index (χ3v) is 9.82. The molecule has 0 amide bonds. The molecule has 0 aliphatic heterocycles. The number of rotatable bonds is 6. The van der Waals surface area contributed by atoms with Crippen molar-refractivity contribution in [1.29, 1.82) is 0 Å². The predicted molar refractivity (Wildman–Crippen MR) is 79.9 cm³/mol. The van der Waals surface area contributed by atoms with Gasteiger partial charge in [-0.05, 0) is 28.8 Å². The molecule has 0 aromatic carbocycles. The van der Waals surface area contributed by atoms with E-state index >= 15 is 0 Å². The third kappa shape index (κ3) is 2.71. The fourth-order valence-electron chi connectivity index (χ4n) is 3.05. The van der Waals surface area contributed by atoms with E-state index in [-0.39, 0.29) is 0 Å². The van der Waals surface area contributed by atoms with E-state index in [0.717, 1.165) is 5.76 Å². The largest absolute Gasteiger partial charge is 0.541 e. The Kier molecular flexibility index (Phi) is 4.85. The van der Waals surface area contributed by atoms with Crippen molar-refractivity contribution in [2.24, 2.45) is 0 Å². The number of furan rings is 1. The van der Waals surface area contributed by atoms with Crippen molar-refractivity contribution >= 4 is 14.1 Å². The van der Waals surface area contributed by atoms with Gasteiger partial charge >= 0.3 is 0 Å². The van der Waals surface area contributed by atoms with Crippen LogP contribution in [0.4, 0.5) is 0 Å². The summed E-state index contributed by atoms with van der Waals surface area (Å²) in [7, 11) is -1.91. The van der Waals surface area contributed by atoms with Crippen LogP contribution in [0.1, 0.15) is 47.3 Å². The Balaban J connectivity index is 3.02. The zero-order valence-corrected chi connectivity index (χ0v) is 13.5. The summed E-state index contributed by atoms with van der Waals surface area (Å²) in [5.41, 5.74) is 1.64. The monoisotopic (exact) mass is 266 g/mol. The maximum atomic E-state index is 6.42. The molecule has 0 aliphatic rings. The molecule has 2 nitrogen and oxygen atoms in total. The van der Waals surface area contributed by atoms with Gasteiger partial charge in [-0.3, -0.25) is 0 Å². The summed E-state index contributed by atoms with van der Waals surface area (Å²) in [6.45, 7) is 17.6. The highest BCUT2D eigenvalue weighted by molar-refractivity contribution is 6.78. The van der Waals surface area contributed by atoms with E-state index in [4.69, 9.17) is 8.84 Å². The molecule has 0 unspecified atom stereocenters. The predicted octanol–water partition coefficient (Wildman–Crippen LogP) is 5.44. The molecule has 1 rings (SSSR count). The van der Waals surface area contributed by atoms with Crippen molar-refractivity contribution in [3.8, 4) is 0 Å². The van der Waals surface area contributed by atoms with Gasteiger partial charge in [-0.25, -0.2) is 0 Å². The highest BCUT2D eigenvalue weighted by Gasteiger charge is 2.47. The molecule has 0 fully saturated rings. The Morgan fingerprint density at radius 3 is 1.94 bits per heavy atom. The molecule has 1 heterocycles. The third-order valence-electron chi connectivity index (χ3n) is 3.80. The van der Waals surface area contributed by atoms with E-state index in [9.17, 15) is 0 Å². The SMILES string of the molecule is C=C(O[Si](C(C)C)(C(C)C)C(C)C)c1ccco1. The lowest BCUT2D eigenvalue weighted by molar-refractivity contribution is 0.420. The maximum absolute atomic E-state index is 6.42. The van der Waals surface area contributed by atoms with Crippen molar-refractivity contribution in [3.05, 3.63) is 30.7 Å². The van der Waals surface area contributed by atoms with Crippen molar-refractivity contribution < 1.29 is 8.84 Å². The molecule has 0 bridgehead atoms. The Bertz CT molecular complexity index is 355. The standard InChI is InChI=1S/C15H26O2Si/c1-11(2)18(12(3)4,13(5)6)17-14(7)15-9-8-10-16-15/h8-13H,7H2,1-6H3. The molecule has 0 saturated carbocycles. The van der Waals surface area contributed by atoms with E-state index in [0.29, 0.717) is 22.4 Å². The fourth-order valence-corrected chi connectivity index (χ4v) is 8.29. The minimum Gasteiger partial charge on any atom is -0.541 e. The van der Waals surface area contributed by atoms with Crippen LogP contribution in [-0.4, -0.2) is 8.32 Å². The lowest BCUT2D eigenvalue weighted by atomic mass is 10.4. The topological polar surface area (TPSA) is 22.4 Å². The highest BCUT2D eigenvalue weighted by atomic mass is 28.4. The van der Waals surface area contributed by atoms with Crippen LogP contribution in [0, 0.1) is 0 Å². The molecule has 0 atom stereocenters. The van der Waals surface area contributed by atoms with Gasteiger partial charge in [-0.1, -0.05) is 48.1 Å². The first-order valence-corrected chi connectivity index (χ1v) is 8.88. The Morgan fingerprint density at radius 2 is 1.61 bits per heavy atom. The van der Waals surface area contributed by atoms with Crippen molar-refractivity contribution in [3.63, 3.8) is 0 Å². The van der Waals surface area contributed by atoms with E-state index < -0.39 is 8.32 Å². The molecule has 0 saturated heterocycles. The summed E-state index contributed by atoms with van der Waals surface area (Å²) in [5, 5.41) is 0. The Hall–Kier alpha value is -0.963. The van der Waals surface area contributed by atoms with Crippen LogP contribution >= 0.6 is 0 Å². The van der Waals surface area contributed by atoms with Crippen LogP contribution < -0.4 is 0 Å². The molecule has 0 aliphatic carbocycles. The maximum Gasteiger partial charge on any atom is 0.258 e. The summed E-state index contributed by atoms with van der Waals surface area (Å²) < 4.78 is 11.8. The first kappa shape index (κ1) is 15.1. The van der Waals surface area contributed by atoms with Gasteiger partial charge in [-0.2, -0.15) is 0 Å². The minimum absolute atomic E-state index is 0.546. The molecular weight excluding hydrogens is 240 g/mol. The number of hydrogen-bond donors (Lipinski definition) is 0.